The Morgan fingerprint density at radius 1 is 0.826 bits per heavy atom. The number of rotatable bonds is 16. The van der Waals surface area contributed by atoms with Crippen LogP contribution in [0.15, 0.2) is 0 Å². The molecule has 0 aliphatic carbocycles. The Hall–Kier alpha value is -1.06. The standard InChI is InChI=1S/C19H36O4/c1-3-4-5-11-14-17(19(22)23-2)15-12-9-7-6-8-10-13-16-18(20)21/h17H,3-16H2,1-2H3,(H,20,21). The number of esters is 1. The zero-order valence-electron chi connectivity index (χ0n) is 15.1. The number of aliphatic carboxylic acids is 1. The minimum atomic E-state index is -0.696. The molecule has 0 aromatic heterocycles. The van der Waals surface area contributed by atoms with Gasteiger partial charge in [0.1, 0.15) is 0 Å². The second-order valence-corrected chi connectivity index (χ2v) is 6.48. The van der Waals surface area contributed by atoms with Crippen LogP contribution in [-0.4, -0.2) is 24.2 Å². The molecule has 1 N–H and O–H groups in total. The van der Waals surface area contributed by atoms with Crippen LogP contribution in [0.3, 0.4) is 0 Å². The molecule has 0 spiro atoms. The summed E-state index contributed by atoms with van der Waals surface area (Å²) in [6.45, 7) is 2.19. The number of ether oxygens (including phenoxy) is 1. The summed E-state index contributed by atoms with van der Waals surface area (Å²) in [7, 11) is 1.48. The maximum absolute atomic E-state index is 11.8. The Bertz CT molecular complexity index is 302. The van der Waals surface area contributed by atoms with Crippen molar-refractivity contribution in [3.05, 3.63) is 0 Å². The first-order valence-electron chi connectivity index (χ1n) is 9.41. The monoisotopic (exact) mass is 328 g/mol. The number of carboxylic acids is 1. The Morgan fingerprint density at radius 2 is 1.30 bits per heavy atom. The molecule has 1 atom stereocenters. The van der Waals surface area contributed by atoms with Crippen molar-refractivity contribution in [1.29, 1.82) is 0 Å². The highest BCUT2D eigenvalue weighted by atomic mass is 16.5. The molecule has 0 saturated carbocycles. The third kappa shape index (κ3) is 14.3. The summed E-state index contributed by atoms with van der Waals surface area (Å²) in [5.74, 6) is -0.666. The van der Waals surface area contributed by atoms with Gasteiger partial charge in [0.2, 0.25) is 0 Å². The highest BCUT2D eigenvalue weighted by Crippen LogP contribution is 2.20. The summed E-state index contributed by atoms with van der Waals surface area (Å²) in [5.41, 5.74) is 0. The van der Waals surface area contributed by atoms with Gasteiger partial charge in [-0.2, -0.15) is 0 Å². The Morgan fingerprint density at radius 3 is 1.78 bits per heavy atom. The molecule has 0 fully saturated rings. The normalized spacial score (nSPS) is 12.1. The fourth-order valence-electron chi connectivity index (χ4n) is 2.92. The van der Waals surface area contributed by atoms with Gasteiger partial charge in [-0.3, -0.25) is 9.59 Å². The molecule has 0 aromatic carbocycles. The van der Waals surface area contributed by atoms with Crippen molar-refractivity contribution in [3.8, 4) is 0 Å². The first-order chi connectivity index (χ1) is 11.1. The van der Waals surface area contributed by atoms with E-state index in [4.69, 9.17) is 9.84 Å². The van der Waals surface area contributed by atoms with Gasteiger partial charge in [-0.15, -0.1) is 0 Å². The average molecular weight is 328 g/mol. The van der Waals surface area contributed by atoms with Gasteiger partial charge >= 0.3 is 11.9 Å². The van der Waals surface area contributed by atoms with E-state index in [1.165, 1.54) is 39.2 Å². The Kier molecular flexibility index (Phi) is 15.1. The lowest BCUT2D eigenvalue weighted by atomic mass is 9.94. The van der Waals surface area contributed by atoms with Gasteiger partial charge in [-0.25, -0.2) is 0 Å². The molecule has 1 unspecified atom stereocenters. The third-order valence-corrected chi connectivity index (χ3v) is 4.38. The molecule has 0 aromatic rings. The predicted molar refractivity (Wildman–Crippen MR) is 93.5 cm³/mol. The van der Waals surface area contributed by atoms with Gasteiger partial charge < -0.3 is 9.84 Å². The SMILES string of the molecule is CCCCCCC(CCCCCCCCCC(=O)O)C(=O)OC. The lowest BCUT2D eigenvalue weighted by molar-refractivity contribution is -0.146. The molecule has 4 heteroatoms. The fraction of sp³-hybridized carbons (Fsp3) is 0.895. The third-order valence-electron chi connectivity index (χ3n) is 4.38. The van der Waals surface area contributed by atoms with Gasteiger partial charge in [0.15, 0.2) is 0 Å². The molecule has 23 heavy (non-hydrogen) atoms. The van der Waals surface area contributed by atoms with Crippen molar-refractivity contribution in [2.45, 2.75) is 96.8 Å². The number of unbranched alkanes of at least 4 members (excludes halogenated alkanes) is 9. The summed E-state index contributed by atoms with van der Waals surface area (Å²) in [4.78, 5) is 22.2. The highest BCUT2D eigenvalue weighted by molar-refractivity contribution is 5.72. The van der Waals surface area contributed by atoms with Crippen LogP contribution in [0.2, 0.25) is 0 Å². The number of hydrogen-bond donors (Lipinski definition) is 1. The van der Waals surface area contributed by atoms with Crippen LogP contribution in [0, 0.1) is 5.92 Å². The number of methoxy groups -OCH3 is 1. The zero-order valence-corrected chi connectivity index (χ0v) is 15.1. The molecule has 0 saturated heterocycles. The second-order valence-electron chi connectivity index (χ2n) is 6.48. The van der Waals surface area contributed by atoms with E-state index in [2.05, 4.69) is 6.92 Å². The van der Waals surface area contributed by atoms with Crippen LogP contribution in [0.5, 0.6) is 0 Å². The van der Waals surface area contributed by atoms with Crippen LogP contribution in [0.1, 0.15) is 96.8 Å². The van der Waals surface area contributed by atoms with Crippen LogP contribution in [-0.2, 0) is 14.3 Å². The fourth-order valence-corrected chi connectivity index (χ4v) is 2.92. The van der Waals surface area contributed by atoms with Gasteiger partial charge in [-0.05, 0) is 19.3 Å². The lowest BCUT2D eigenvalue weighted by Crippen LogP contribution is -2.16. The van der Waals surface area contributed by atoms with E-state index in [-0.39, 0.29) is 11.9 Å². The molecule has 0 rings (SSSR count). The Labute approximate surface area is 142 Å². The van der Waals surface area contributed by atoms with Crippen LogP contribution < -0.4 is 0 Å². The van der Waals surface area contributed by atoms with E-state index in [0.29, 0.717) is 6.42 Å². The summed E-state index contributed by atoms with van der Waals surface area (Å²) in [6.07, 6.45) is 14.5. The summed E-state index contributed by atoms with van der Waals surface area (Å²) in [5, 5.41) is 8.56. The lowest BCUT2D eigenvalue weighted by Gasteiger charge is -2.14. The molecule has 0 aliphatic heterocycles. The van der Waals surface area contributed by atoms with E-state index in [1.807, 2.05) is 0 Å². The molecular formula is C19H36O4. The van der Waals surface area contributed by atoms with Crippen molar-refractivity contribution < 1.29 is 19.4 Å². The molecule has 4 nitrogen and oxygen atoms in total. The van der Waals surface area contributed by atoms with Crippen molar-refractivity contribution >= 4 is 11.9 Å². The minimum Gasteiger partial charge on any atom is -0.481 e. The molecule has 0 heterocycles. The van der Waals surface area contributed by atoms with E-state index >= 15 is 0 Å². The summed E-state index contributed by atoms with van der Waals surface area (Å²) < 4.78 is 4.92. The largest absolute Gasteiger partial charge is 0.481 e. The molecule has 0 radical (unpaired) electrons. The van der Waals surface area contributed by atoms with Crippen LogP contribution in [0.4, 0.5) is 0 Å². The van der Waals surface area contributed by atoms with E-state index in [0.717, 1.165) is 51.4 Å². The molecule has 136 valence electrons. The summed E-state index contributed by atoms with van der Waals surface area (Å²) in [6, 6.07) is 0. The van der Waals surface area contributed by atoms with Gasteiger partial charge in [0.05, 0.1) is 13.0 Å². The summed E-state index contributed by atoms with van der Waals surface area (Å²) >= 11 is 0. The van der Waals surface area contributed by atoms with Crippen molar-refractivity contribution in [3.63, 3.8) is 0 Å². The van der Waals surface area contributed by atoms with E-state index in [9.17, 15) is 9.59 Å². The minimum absolute atomic E-state index is 0.0461. The van der Waals surface area contributed by atoms with Crippen molar-refractivity contribution in [1.82, 2.24) is 0 Å². The van der Waals surface area contributed by atoms with Gasteiger partial charge in [-0.1, -0.05) is 71.1 Å². The molecule has 0 aliphatic rings. The molecular weight excluding hydrogens is 292 g/mol. The quantitative estimate of drug-likeness (QED) is 0.307. The molecule has 0 bridgehead atoms. The van der Waals surface area contributed by atoms with E-state index in [1.54, 1.807) is 0 Å². The zero-order chi connectivity index (χ0) is 17.3. The topological polar surface area (TPSA) is 63.6 Å². The highest BCUT2D eigenvalue weighted by Gasteiger charge is 2.17. The number of hydrogen-bond acceptors (Lipinski definition) is 3. The first-order valence-corrected chi connectivity index (χ1v) is 9.41. The number of carbonyl (C=O) groups excluding carboxylic acids is 1. The maximum atomic E-state index is 11.8. The van der Waals surface area contributed by atoms with Gasteiger partial charge in [0.25, 0.3) is 0 Å². The van der Waals surface area contributed by atoms with Gasteiger partial charge in [0, 0.05) is 6.42 Å². The van der Waals surface area contributed by atoms with E-state index < -0.39 is 5.97 Å². The number of carboxylic acid groups (broad SMARTS) is 1. The van der Waals surface area contributed by atoms with Crippen molar-refractivity contribution in [2.24, 2.45) is 5.92 Å². The average Bonchev–Trinajstić information content (AvgIpc) is 2.54. The van der Waals surface area contributed by atoms with Crippen molar-refractivity contribution in [2.75, 3.05) is 7.11 Å². The Balaban J connectivity index is 3.62. The van der Waals surface area contributed by atoms with Crippen LogP contribution in [0.25, 0.3) is 0 Å². The van der Waals surface area contributed by atoms with Crippen LogP contribution >= 0.6 is 0 Å². The second kappa shape index (κ2) is 15.8. The first kappa shape index (κ1) is 21.9. The maximum Gasteiger partial charge on any atom is 0.308 e. The predicted octanol–water partition coefficient (Wildman–Crippen LogP) is 5.34. The molecule has 0 amide bonds. The number of carbonyl (C=O) groups is 2. The smallest absolute Gasteiger partial charge is 0.308 e.